The number of likely N-dealkylation sites (N-methyl/N-ethyl adjacent to an activating group) is 1. The summed E-state index contributed by atoms with van der Waals surface area (Å²) in [5, 5.41) is 5.46. The summed E-state index contributed by atoms with van der Waals surface area (Å²) in [7, 11) is 2.00. The van der Waals surface area contributed by atoms with Crippen LogP contribution < -0.4 is 5.32 Å². The molecule has 1 unspecified atom stereocenters. The zero-order valence-electron chi connectivity index (χ0n) is 14.5. The Labute approximate surface area is 143 Å². The van der Waals surface area contributed by atoms with Gasteiger partial charge >= 0.3 is 0 Å². The third kappa shape index (κ3) is 3.42. The molecule has 2 aromatic carbocycles. The molecule has 0 saturated heterocycles. The van der Waals surface area contributed by atoms with Crippen molar-refractivity contribution in [2.75, 3.05) is 13.6 Å². The van der Waals surface area contributed by atoms with Gasteiger partial charge in [-0.2, -0.15) is 0 Å². The van der Waals surface area contributed by atoms with Crippen LogP contribution in [0.25, 0.3) is 10.8 Å². The second-order valence-corrected chi connectivity index (χ2v) is 6.36. The fraction of sp³-hybridized carbons (Fsp3) is 0.400. The lowest BCUT2D eigenvalue weighted by Crippen LogP contribution is -2.40. The lowest BCUT2D eigenvalue weighted by Gasteiger charge is -2.24. The molecule has 0 saturated carbocycles. The third-order valence-corrected chi connectivity index (χ3v) is 4.66. The molecule has 0 bridgehead atoms. The molecular weight excluding hydrogens is 298 g/mol. The number of carbonyl (C=O) groups is 1. The van der Waals surface area contributed by atoms with Crippen LogP contribution >= 0.6 is 0 Å². The van der Waals surface area contributed by atoms with Crippen molar-refractivity contribution in [3.05, 3.63) is 48.0 Å². The van der Waals surface area contributed by atoms with E-state index < -0.39 is 0 Å². The molecule has 0 spiro atoms. The summed E-state index contributed by atoms with van der Waals surface area (Å²) in [5.41, 5.74) is 1.26. The number of carbonyl (C=O) groups excluding carboxylic acids is 1. The highest BCUT2D eigenvalue weighted by Gasteiger charge is 2.27. The van der Waals surface area contributed by atoms with Crippen LogP contribution in [0.5, 0.6) is 0 Å². The first kappa shape index (κ1) is 16.5. The number of nitrogens with zero attached hydrogens (tertiary/aromatic N) is 2. The highest BCUT2D eigenvalue weighted by molar-refractivity contribution is 5.98. The lowest BCUT2D eigenvalue weighted by molar-refractivity contribution is -0.119. The summed E-state index contributed by atoms with van der Waals surface area (Å²) >= 11 is 0. The van der Waals surface area contributed by atoms with E-state index in [2.05, 4.69) is 64.6 Å². The number of benzene rings is 2. The molecule has 3 rings (SSSR count). The minimum Gasteiger partial charge on any atom is -0.337 e. The van der Waals surface area contributed by atoms with Gasteiger partial charge in [0.2, 0.25) is 11.9 Å². The minimum atomic E-state index is 0.0626. The topological polar surface area (TPSA) is 44.7 Å². The van der Waals surface area contributed by atoms with Gasteiger partial charge in [-0.15, -0.1) is 0 Å². The lowest BCUT2D eigenvalue weighted by atomic mass is 9.98. The van der Waals surface area contributed by atoms with Crippen LogP contribution in [0.2, 0.25) is 0 Å². The van der Waals surface area contributed by atoms with Gasteiger partial charge in [-0.3, -0.25) is 15.1 Å². The fourth-order valence-corrected chi connectivity index (χ4v) is 3.25. The second kappa shape index (κ2) is 7.47. The monoisotopic (exact) mass is 323 g/mol. The van der Waals surface area contributed by atoms with E-state index in [0.717, 1.165) is 19.3 Å². The van der Waals surface area contributed by atoms with Gasteiger partial charge < -0.3 is 4.90 Å². The van der Waals surface area contributed by atoms with Crippen LogP contribution in [-0.2, 0) is 4.79 Å². The van der Waals surface area contributed by atoms with E-state index in [0.29, 0.717) is 18.9 Å². The molecule has 126 valence electrons. The zero-order chi connectivity index (χ0) is 16.9. The van der Waals surface area contributed by atoms with Gasteiger partial charge in [-0.05, 0) is 22.8 Å². The maximum atomic E-state index is 12.1. The van der Waals surface area contributed by atoms with Gasteiger partial charge in [-0.25, -0.2) is 0 Å². The van der Waals surface area contributed by atoms with Crippen LogP contribution in [0.3, 0.4) is 0 Å². The highest BCUT2D eigenvalue weighted by Crippen LogP contribution is 2.30. The van der Waals surface area contributed by atoms with E-state index in [1.807, 2.05) is 7.05 Å². The van der Waals surface area contributed by atoms with Crippen LogP contribution in [0.1, 0.15) is 44.2 Å². The Hall–Kier alpha value is -2.36. The summed E-state index contributed by atoms with van der Waals surface area (Å²) in [5.74, 6) is 0.752. The first-order chi connectivity index (χ1) is 11.7. The Kier molecular flexibility index (Phi) is 5.14. The SMILES string of the molecule is CCCCCC(=O)NC1=NCC(c2cccc3ccccc23)N1C. The molecule has 24 heavy (non-hydrogen) atoms. The number of guanidine groups is 1. The number of amides is 1. The highest BCUT2D eigenvalue weighted by atomic mass is 16.1. The van der Waals surface area contributed by atoms with E-state index in [4.69, 9.17) is 0 Å². The smallest absolute Gasteiger partial charge is 0.226 e. The number of fused-ring (bicyclic) bond motifs is 1. The van der Waals surface area contributed by atoms with Crippen LogP contribution in [0.4, 0.5) is 0 Å². The summed E-state index contributed by atoms with van der Waals surface area (Å²) in [6.07, 6.45) is 3.72. The maximum absolute atomic E-state index is 12.1. The first-order valence-electron chi connectivity index (χ1n) is 8.75. The normalized spacial score (nSPS) is 17.2. The molecule has 0 fully saturated rings. The Morgan fingerprint density at radius 1 is 1.21 bits per heavy atom. The molecule has 1 N–H and O–H groups in total. The van der Waals surface area contributed by atoms with Gasteiger partial charge in [0, 0.05) is 13.5 Å². The van der Waals surface area contributed by atoms with E-state index in [1.165, 1.54) is 16.3 Å². The number of hydrogen-bond acceptors (Lipinski definition) is 3. The fourth-order valence-electron chi connectivity index (χ4n) is 3.25. The zero-order valence-corrected chi connectivity index (χ0v) is 14.5. The number of nitrogens with one attached hydrogen (secondary N) is 1. The van der Waals surface area contributed by atoms with Gasteiger partial charge in [0.1, 0.15) is 0 Å². The molecule has 1 aliphatic rings. The Balaban J connectivity index is 1.71. The molecule has 1 atom stereocenters. The molecule has 4 heteroatoms. The number of rotatable bonds is 5. The quantitative estimate of drug-likeness (QED) is 0.849. The number of unbranched alkanes of at least 4 members (excludes halogenated alkanes) is 2. The first-order valence-corrected chi connectivity index (χ1v) is 8.75. The van der Waals surface area contributed by atoms with Crippen molar-refractivity contribution in [2.24, 2.45) is 4.99 Å². The van der Waals surface area contributed by atoms with Gasteiger partial charge in [0.05, 0.1) is 12.6 Å². The number of aliphatic imine (C=N–C) groups is 1. The van der Waals surface area contributed by atoms with E-state index in [-0.39, 0.29) is 11.9 Å². The van der Waals surface area contributed by atoms with Gasteiger partial charge in [0.15, 0.2) is 0 Å². The number of hydrogen-bond donors (Lipinski definition) is 1. The standard InChI is InChI=1S/C20H25N3O/c1-3-4-5-13-19(24)22-20-21-14-18(23(20)2)17-12-8-10-15-9-6-7-11-16(15)17/h6-12,18H,3-5,13-14H2,1-2H3,(H,21,22,24). The molecule has 4 nitrogen and oxygen atoms in total. The summed E-state index contributed by atoms with van der Waals surface area (Å²) in [6, 6.07) is 15.0. The predicted octanol–water partition coefficient (Wildman–Crippen LogP) is 3.88. The van der Waals surface area contributed by atoms with Crippen molar-refractivity contribution in [1.29, 1.82) is 0 Å². The molecule has 2 aromatic rings. The summed E-state index contributed by atoms with van der Waals surface area (Å²) < 4.78 is 0. The molecular formula is C20H25N3O. The van der Waals surface area contributed by atoms with E-state index in [9.17, 15) is 4.79 Å². The van der Waals surface area contributed by atoms with Gasteiger partial charge in [0.25, 0.3) is 0 Å². The second-order valence-electron chi connectivity index (χ2n) is 6.36. The molecule has 0 aromatic heterocycles. The van der Waals surface area contributed by atoms with Crippen molar-refractivity contribution in [3.63, 3.8) is 0 Å². The van der Waals surface area contributed by atoms with Gasteiger partial charge in [-0.1, -0.05) is 62.2 Å². The molecule has 0 aliphatic carbocycles. The summed E-state index contributed by atoms with van der Waals surface area (Å²) in [6.45, 7) is 2.82. The summed E-state index contributed by atoms with van der Waals surface area (Å²) in [4.78, 5) is 18.7. The molecule has 1 aliphatic heterocycles. The average molecular weight is 323 g/mol. The maximum Gasteiger partial charge on any atom is 0.226 e. The molecule has 0 radical (unpaired) electrons. The Morgan fingerprint density at radius 2 is 2.00 bits per heavy atom. The largest absolute Gasteiger partial charge is 0.337 e. The van der Waals surface area contributed by atoms with Crippen molar-refractivity contribution in [2.45, 2.75) is 38.6 Å². The van der Waals surface area contributed by atoms with Crippen LogP contribution in [0, 0.1) is 0 Å². The average Bonchev–Trinajstić information content (AvgIpc) is 2.95. The molecule has 1 amide bonds. The van der Waals surface area contributed by atoms with Crippen molar-refractivity contribution < 1.29 is 4.79 Å². The van der Waals surface area contributed by atoms with Crippen molar-refractivity contribution >= 4 is 22.6 Å². The minimum absolute atomic E-state index is 0.0626. The van der Waals surface area contributed by atoms with Crippen LogP contribution in [0.15, 0.2) is 47.5 Å². The Bertz CT molecular complexity index is 748. The Morgan fingerprint density at radius 3 is 2.83 bits per heavy atom. The van der Waals surface area contributed by atoms with E-state index in [1.54, 1.807) is 0 Å². The predicted molar refractivity (Wildman–Crippen MR) is 99.0 cm³/mol. The van der Waals surface area contributed by atoms with Crippen molar-refractivity contribution in [1.82, 2.24) is 10.2 Å². The third-order valence-electron chi connectivity index (χ3n) is 4.66. The van der Waals surface area contributed by atoms with E-state index >= 15 is 0 Å². The molecule has 1 heterocycles. The van der Waals surface area contributed by atoms with Crippen LogP contribution in [-0.4, -0.2) is 30.4 Å². The van der Waals surface area contributed by atoms with Crippen molar-refractivity contribution in [3.8, 4) is 0 Å².